The van der Waals surface area contributed by atoms with E-state index in [-0.39, 0.29) is 18.4 Å². The Morgan fingerprint density at radius 1 is 1.29 bits per heavy atom. The lowest BCUT2D eigenvalue weighted by atomic mass is 10.0. The molecule has 1 aromatic carbocycles. The van der Waals surface area contributed by atoms with Crippen LogP contribution < -0.4 is 20.5 Å². The highest BCUT2D eigenvalue weighted by atomic mass is 16.5. The van der Waals surface area contributed by atoms with Crippen LogP contribution in [-0.4, -0.2) is 35.7 Å². The third kappa shape index (κ3) is 4.26. The topological polar surface area (TPSA) is 91.4 Å². The highest BCUT2D eigenvalue weighted by molar-refractivity contribution is 5.77. The van der Waals surface area contributed by atoms with E-state index in [4.69, 9.17) is 15.2 Å². The van der Waals surface area contributed by atoms with Crippen molar-refractivity contribution in [3.63, 3.8) is 0 Å². The van der Waals surface area contributed by atoms with E-state index in [1.165, 1.54) is 0 Å². The SMILES string of the molecule is COc1cc(OC)cc(C(NC(=O)CC(C)N)c2nccn2C)c1. The number of nitrogens with one attached hydrogen (secondary N) is 1. The fraction of sp³-hybridized carbons (Fsp3) is 0.412. The first kappa shape index (κ1) is 17.8. The van der Waals surface area contributed by atoms with Crippen LogP contribution in [0.3, 0.4) is 0 Å². The van der Waals surface area contributed by atoms with Crippen LogP contribution in [0, 0.1) is 0 Å². The molecule has 0 saturated carbocycles. The lowest BCUT2D eigenvalue weighted by molar-refractivity contribution is -0.121. The van der Waals surface area contributed by atoms with Crippen LogP contribution in [0.5, 0.6) is 11.5 Å². The minimum Gasteiger partial charge on any atom is -0.497 e. The summed E-state index contributed by atoms with van der Waals surface area (Å²) in [7, 11) is 5.05. The second-order valence-corrected chi connectivity index (χ2v) is 5.72. The smallest absolute Gasteiger partial charge is 0.222 e. The fourth-order valence-electron chi connectivity index (χ4n) is 2.46. The molecule has 0 aliphatic heterocycles. The molecule has 2 aromatic rings. The molecule has 0 bridgehead atoms. The lowest BCUT2D eigenvalue weighted by Gasteiger charge is -2.21. The Morgan fingerprint density at radius 3 is 2.38 bits per heavy atom. The number of benzene rings is 1. The number of carbonyl (C=O) groups excluding carboxylic acids is 1. The number of aryl methyl sites for hydroxylation is 1. The Morgan fingerprint density at radius 2 is 1.92 bits per heavy atom. The molecule has 7 nitrogen and oxygen atoms in total. The van der Waals surface area contributed by atoms with Gasteiger partial charge in [0, 0.05) is 38.0 Å². The molecule has 0 aliphatic carbocycles. The number of rotatable bonds is 7. The molecule has 0 spiro atoms. The van der Waals surface area contributed by atoms with Crippen molar-refractivity contribution in [3.05, 3.63) is 42.0 Å². The van der Waals surface area contributed by atoms with Crippen LogP contribution in [0.15, 0.2) is 30.6 Å². The van der Waals surface area contributed by atoms with Crippen molar-refractivity contribution in [2.75, 3.05) is 14.2 Å². The Hall–Kier alpha value is -2.54. The highest BCUT2D eigenvalue weighted by Gasteiger charge is 2.22. The first-order valence-corrected chi connectivity index (χ1v) is 7.69. The fourth-order valence-corrected chi connectivity index (χ4v) is 2.46. The quantitative estimate of drug-likeness (QED) is 0.799. The van der Waals surface area contributed by atoms with Gasteiger partial charge in [0.15, 0.2) is 0 Å². The van der Waals surface area contributed by atoms with Gasteiger partial charge < -0.3 is 25.1 Å². The number of hydrogen-bond acceptors (Lipinski definition) is 5. The molecular weight excluding hydrogens is 308 g/mol. The van der Waals surface area contributed by atoms with Gasteiger partial charge in [-0.15, -0.1) is 0 Å². The second kappa shape index (κ2) is 7.83. The van der Waals surface area contributed by atoms with Gasteiger partial charge >= 0.3 is 0 Å². The first-order valence-electron chi connectivity index (χ1n) is 7.69. The van der Waals surface area contributed by atoms with E-state index < -0.39 is 6.04 Å². The summed E-state index contributed by atoms with van der Waals surface area (Å²) >= 11 is 0. The summed E-state index contributed by atoms with van der Waals surface area (Å²) in [4.78, 5) is 16.6. The number of nitrogens with zero attached hydrogens (tertiary/aromatic N) is 2. The summed E-state index contributed by atoms with van der Waals surface area (Å²) in [6.07, 6.45) is 3.76. The monoisotopic (exact) mass is 332 g/mol. The largest absolute Gasteiger partial charge is 0.497 e. The molecular formula is C17H24N4O3. The van der Waals surface area contributed by atoms with E-state index in [0.717, 1.165) is 5.56 Å². The number of carbonyl (C=O) groups is 1. The molecule has 1 aromatic heterocycles. The van der Waals surface area contributed by atoms with Gasteiger partial charge in [0.25, 0.3) is 0 Å². The Bertz CT molecular complexity index is 675. The van der Waals surface area contributed by atoms with E-state index >= 15 is 0 Å². The Kier molecular flexibility index (Phi) is 5.81. The molecule has 1 amide bonds. The number of aromatic nitrogens is 2. The molecule has 130 valence electrons. The van der Waals surface area contributed by atoms with Gasteiger partial charge in [-0.05, 0) is 24.6 Å². The Labute approximate surface area is 141 Å². The number of nitrogens with two attached hydrogens (primary N) is 1. The van der Waals surface area contributed by atoms with E-state index in [1.54, 1.807) is 33.4 Å². The standard InChI is InChI=1S/C17H24N4O3/c1-11(18)7-15(22)20-16(17-19-5-6-21(17)2)12-8-13(23-3)10-14(9-12)24-4/h5-6,8-11,16H,7,18H2,1-4H3,(H,20,22). The number of methoxy groups -OCH3 is 2. The van der Waals surface area contributed by atoms with Gasteiger partial charge in [-0.1, -0.05) is 0 Å². The second-order valence-electron chi connectivity index (χ2n) is 5.72. The molecule has 0 fully saturated rings. The van der Waals surface area contributed by atoms with Gasteiger partial charge in [-0.25, -0.2) is 4.98 Å². The van der Waals surface area contributed by atoms with E-state index in [1.807, 2.05) is 29.9 Å². The summed E-state index contributed by atoms with van der Waals surface area (Å²) < 4.78 is 12.5. The maximum absolute atomic E-state index is 12.3. The van der Waals surface area contributed by atoms with Gasteiger partial charge in [0.1, 0.15) is 23.4 Å². The van der Waals surface area contributed by atoms with Crippen LogP contribution >= 0.6 is 0 Å². The maximum atomic E-state index is 12.3. The zero-order chi connectivity index (χ0) is 17.7. The van der Waals surface area contributed by atoms with Crippen molar-refractivity contribution in [3.8, 4) is 11.5 Å². The number of amides is 1. The molecule has 2 atom stereocenters. The van der Waals surface area contributed by atoms with Crippen LogP contribution in [0.2, 0.25) is 0 Å². The Balaban J connectivity index is 2.42. The van der Waals surface area contributed by atoms with E-state index in [2.05, 4.69) is 10.3 Å². The predicted molar refractivity (Wildman–Crippen MR) is 91.0 cm³/mol. The normalized spacial score (nSPS) is 13.2. The van der Waals surface area contributed by atoms with Crippen LogP contribution in [0.1, 0.15) is 30.8 Å². The highest BCUT2D eigenvalue weighted by Crippen LogP contribution is 2.29. The van der Waals surface area contributed by atoms with Crippen molar-refractivity contribution in [2.45, 2.75) is 25.4 Å². The van der Waals surface area contributed by atoms with Crippen LogP contribution in [0.4, 0.5) is 0 Å². The zero-order valence-corrected chi connectivity index (χ0v) is 14.4. The molecule has 0 radical (unpaired) electrons. The molecule has 0 saturated heterocycles. The van der Waals surface area contributed by atoms with E-state index in [0.29, 0.717) is 17.3 Å². The summed E-state index contributed by atoms with van der Waals surface area (Å²) in [5.41, 5.74) is 6.54. The molecule has 1 heterocycles. The lowest BCUT2D eigenvalue weighted by Crippen LogP contribution is -2.34. The van der Waals surface area contributed by atoms with Crippen molar-refractivity contribution in [1.82, 2.24) is 14.9 Å². The van der Waals surface area contributed by atoms with Gasteiger partial charge in [-0.3, -0.25) is 4.79 Å². The number of ether oxygens (including phenoxy) is 2. The average molecular weight is 332 g/mol. The summed E-state index contributed by atoms with van der Waals surface area (Å²) in [5, 5.41) is 3.00. The zero-order valence-electron chi connectivity index (χ0n) is 14.4. The van der Waals surface area contributed by atoms with Crippen molar-refractivity contribution in [1.29, 1.82) is 0 Å². The van der Waals surface area contributed by atoms with Gasteiger partial charge in [0.2, 0.25) is 5.91 Å². The van der Waals surface area contributed by atoms with Crippen LogP contribution in [0.25, 0.3) is 0 Å². The van der Waals surface area contributed by atoms with Crippen molar-refractivity contribution >= 4 is 5.91 Å². The maximum Gasteiger partial charge on any atom is 0.222 e. The molecule has 24 heavy (non-hydrogen) atoms. The summed E-state index contributed by atoms with van der Waals surface area (Å²) in [6, 6.07) is 4.84. The number of imidazole rings is 1. The average Bonchev–Trinajstić information content (AvgIpc) is 2.97. The molecule has 2 rings (SSSR count). The first-order chi connectivity index (χ1) is 11.4. The van der Waals surface area contributed by atoms with Gasteiger partial charge in [-0.2, -0.15) is 0 Å². The van der Waals surface area contributed by atoms with Crippen molar-refractivity contribution < 1.29 is 14.3 Å². The number of hydrogen-bond donors (Lipinski definition) is 2. The van der Waals surface area contributed by atoms with Gasteiger partial charge in [0.05, 0.1) is 14.2 Å². The molecule has 7 heteroatoms. The predicted octanol–water partition coefficient (Wildman–Crippen LogP) is 1.38. The van der Waals surface area contributed by atoms with Crippen molar-refractivity contribution in [2.24, 2.45) is 12.8 Å². The summed E-state index contributed by atoms with van der Waals surface area (Å²) in [6.45, 7) is 1.80. The molecule has 2 unspecified atom stereocenters. The van der Waals surface area contributed by atoms with Crippen LogP contribution in [-0.2, 0) is 11.8 Å². The molecule has 0 aliphatic rings. The third-order valence-electron chi connectivity index (χ3n) is 3.64. The summed E-state index contributed by atoms with van der Waals surface area (Å²) in [5.74, 6) is 1.86. The minimum absolute atomic E-state index is 0.139. The minimum atomic E-state index is -0.430. The van der Waals surface area contributed by atoms with E-state index in [9.17, 15) is 4.79 Å². The third-order valence-corrected chi connectivity index (χ3v) is 3.64. The molecule has 3 N–H and O–H groups in total.